The second-order valence-electron chi connectivity index (χ2n) is 3.72. The molecule has 0 radical (unpaired) electrons. The van der Waals surface area contributed by atoms with Gasteiger partial charge in [-0.3, -0.25) is 4.79 Å². The zero-order valence-electron chi connectivity index (χ0n) is 9.63. The molecule has 0 unspecified atom stereocenters. The number of nitrogens with zero attached hydrogens (tertiary/aromatic N) is 3. The SMILES string of the molecule is Cc1cccc(C(=O)NCCn2ccnc2)n1. The lowest BCUT2D eigenvalue weighted by molar-refractivity contribution is 0.0947. The van der Waals surface area contributed by atoms with Crippen molar-refractivity contribution in [3.05, 3.63) is 48.3 Å². The van der Waals surface area contributed by atoms with Crippen LogP contribution in [0.4, 0.5) is 0 Å². The summed E-state index contributed by atoms with van der Waals surface area (Å²) < 4.78 is 1.91. The molecule has 2 heterocycles. The molecular formula is C12H14N4O. The van der Waals surface area contributed by atoms with Gasteiger partial charge in [-0.1, -0.05) is 6.07 Å². The van der Waals surface area contributed by atoms with Crippen molar-refractivity contribution in [2.24, 2.45) is 0 Å². The third kappa shape index (κ3) is 3.14. The van der Waals surface area contributed by atoms with E-state index in [4.69, 9.17) is 0 Å². The van der Waals surface area contributed by atoms with Crippen LogP contribution in [0.25, 0.3) is 0 Å². The number of imidazole rings is 1. The van der Waals surface area contributed by atoms with E-state index in [0.29, 0.717) is 18.8 Å². The molecule has 0 aliphatic heterocycles. The lowest BCUT2D eigenvalue weighted by Crippen LogP contribution is -2.27. The minimum absolute atomic E-state index is 0.145. The van der Waals surface area contributed by atoms with Crippen LogP contribution in [0.3, 0.4) is 0 Å². The van der Waals surface area contributed by atoms with Gasteiger partial charge in [0.2, 0.25) is 0 Å². The van der Waals surface area contributed by atoms with Crippen molar-refractivity contribution in [3.63, 3.8) is 0 Å². The van der Waals surface area contributed by atoms with Crippen LogP contribution in [0.15, 0.2) is 36.9 Å². The highest BCUT2D eigenvalue weighted by atomic mass is 16.1. The molecule has 0 bridgehead atoms. The van der Waals surface area contributed by atoms with Crippen molar-refractivity contribution in [2.45, 2.75) is 13.5 Å². The zero-order chi connectivity index (χ0) is 12.1. The summed E-state index contributed by atoms with van der Waals surface area (Å²) in [4.78, 5) is 19.8. The van der Waals surface area contributed by atoms with Crippen LogP contribution < -0.4 is 5.32 Å². The zero-order valence-corrected chi connectivity index (χ0v) is 9.63. The Morgan fingerprint density at radius 3 is 3.06 bits per heavy atom. The molecule has 0 aliphatic rings. The van der Waals surface area contributed by atoms with Gasteiger partial charge in [-0.15, -0.1) is 0 Å². The third-order valence-corrected chi connectivity index (χ3v) is 2.34. The molecule has 1 amide bonds. The molecule has 5 heteroatoms. The minimum Gasteiger partial charge on any atom is -0.349 e. The van der Waals surface area contributed by atoms with Gasteiger partial charge in [-0.25, -0.2) is 9.97 Å². The standard InChI is InChI=1S/C12H14N4O/c1-10-3-2-4-11(15-10)12(17)14-6-8-16-7-5-13-9-16/h2-5,7,9H,6,8H2,1H3,(H,14,17). The predicted octanol–water partition coefficient (Wildman–Crippen LogP) is 1.02. The van der Waals surface area contributed by atoms with Crippen LogP contribution in [0.1, 0.15) is 16.2 Å². The molecular weight excluding hydrogens is 216 g/mol. The number of rotatable bonds is 4. The topological polar surface area (TPSA) is 59.8 Å². The Hall–Kier alpha value is -2.17. The van der Waals surface area contributed by atoms with Gasteiger partial charge >= 0.3 is 0 Å². The lowest BCUT2D eigenvalue weighted by Gasteiger charge is -2.05. The summed E-state index contributed by atoms with van der Waals surface area (Å²) in [7, 11) is 0. The summed E-state index contributed by atoms with van der Waals surface area (Å²) in [5.74, 6) is -0.145. The van der Waals surface area contributed by atoms with Crippen molar-refractivity contribution in [3.8, 4) is 0 Å². The number of aryl methyl sites for hydroxylation is 1. The molecule has 0 aliphatic carbocycles. The van der Waals surface area contributed by atoms with E-state index in [0.717, 1.165) is 5.69 Å². The maximum atomic E-state index is 11.7. The van der Waals surface area contributed by atoms with E-state index in [1.54, 1.807) is 18.6 Å². The van der Waals surface area contributed by atoms with Gasteiger partial charge in [0.25, 0.3) is 5.91 Å². The van der Waals surface area contributed by atoms with Gasteiger partial charge in [-0.2, -0.15) is 0 Å². The van der Waals surface area contributed by atoms with E-state index in [-0.39, 0.29) is 5.91 Å². The molecule has 0 atom stereocenters. The summed E-state index contributed by atoms with van der Waals surface area (Å²) >= 11 is 0. The number of nitrogens with one attached hydrogen (secondary N) is 1. The molecule has 2 aromatic heterocycles. The van der Waals surface area contributed by atoms with Gasteiger partial charge < -0.3 is 9.88 Å². The summed E-state index contributed by atoms with van der Waals surface area (Å²) in [5.41, 5.74) is 1.29. The molecule has 2 rings (SSSR count). The quantitative estimate of drug-likeness (QED) is 0.853. The molecule has 0 fully saturated rings. The Morgan fingerprint density at radius 2 is 2.35 bits per heavy atom. The number of hydrogen-bond acceptors (Lipinski definition) is 3. The number of carbonyl (C=O) groups excluding carboxylic acids is 1. The fourth-order valence-electron chi connectivity index (χ4n) is 1.48. The van der Waals surface area contributed by atoms with Gasteiger partial charge in [0, 0.05) is 31.2 Å². The normalized spacial score (nSPS) is 10.2. The van der Waals surface area contributed by atoms with Gasteiger partial charge in [0.1, 0.15) is 5.69 Å². The predicted molar refractivity (Wildman–Crippen MR) is 63.5 cm³/mol. The first-order chi connectivity index (χ1) is 8.25. The Kier molecular flexibility index (Phi) is 3.49. The molecule has 17 heavy (non-hydrogen) atoms. The first-order valence-corrected chi connectivity index (χ1v) is 5.43. The number of hydrogen-bond donors (Lipinski definition) is 1. The maximum Gasteiger partial charge on any atom is 0.269 e. The largest absolute Gasteiger partial charge is 0.349 e. The lowest BCUT2D eigenvalue weighted by atomic mass is 10.3. The second kappa shape index (κ2) is 5.25. The van der Waals surface area contributed by atoms with Gasteiger partial charge in [0.15, 0.2) is 0 Å². The first kappa shape index (κ1) is 11.3. The first-order valence-electron chi connectivity index (χ1n) is 5.43. The third-order valence-electron chi connectivity index (χ3n) is 2.34. The van der Waals surface area contributed by atoms with E-state index in [1.807, 2.05) is 29.8 Å². The van der Waals surface area contributed by atoms with E-state index < -0.39 is 0 Å². The number of aromatic nitrogens is 3. The van der Waals surface area contributed by atoms with Crippen LogP contribution in [0.5, 0.6) is 0 Å². The summed E-state index contributed by atoms with van der Waals surface area (Å²) in [6, 6.07) is 5.40. The fourth-order valence-corrected chi connectivity index (χ4v) is 1.48. The fraction of sp³-hybridized carbons (Fsp3) is 0.250. The Bertz CT molecular complexity index is 493. The highest BCUT2D eigenvalue weighted by Gasteiger charge is 2.05. The smallest absolute Gasteiger partial charge is 0.269 e. The highest BCUT2D eigenvalue weighted by molar-refractivity contribution is 5.92. The minimum atomic E-state index is -0.145. The van der Waals surface area contributed by atoms with Crippen molar-refractivity contribution in [2.75, 3.05) is 6.54 Å². The number of carbonyl (C=O) groups is 1. The number of amides is 1. The number of pyridine rings is 1. The van der Waals surface area contributed by atoms with Crippen LogP contribution in [0, 0.1) is 6.92 Å². The molecule has 5 nitrogen and oxygen atoms in total. The molecule has 0 aromatic carbocycles. The Morgan fingerprint density at radius 1 is 1.47 bits per heavy atom. The average Bonchev–Trinajstić information content (AvgIpc) is 2.82. The Balaban J connectivity index is 1.85. The molecule has 0 spiro atoms. The monoisotopic (exact) mass is 230 g/mol. The van der Waals surface area contributed by atoms with Crippen LogP contribution in [-0.4, -0.2) is 27.0 Å². The van der Waals surface area contributed by atoms with E-state index in [1.165, 1.54) is 0 Å². The van der Waals surface area contributed by atoms with E-state index in [9.17, 15) is 4.79 Å². The van der Waals surface area contributed by atoms with E-state index >= 15 is 0 Å². The second-order valence-corrected chi connectivity index (χ2v) is 3.72. The van der Waals surface area contributed by atoms with Crippen molar-refractivity contribution in [1.82, 2.24) is 19.9 Å². The molecule has 2 aromatic rings. The van der Waals surface area contributed by atoms with Crippen molar-refractivity contribution < 1.29 is 4.79 Å². The van der Waals surface area contributed by atoms with Crippen LogP contribution in [0.2, 0.25) is 0 Å². The maximum absolute atomic E-state index is 11.7. The Labute approximate surface area is 99.5 Å². The summed E-state index contributed by atoms with van der Waals surface area (Å²) in [6.07, 6.45) is 5.29. The van der Waals surface area contributed by atoms with Gasteiger partial charge in [0.05, 0.1) is 6.33 Å². The van der Waals surface area contributed by atoms with Crippen LogP contribution >= 0.6 is 0 Å². The van der Waals surface area contributed by atoms with Gasteiger partial charge in [-0.05, 0) is 19.1 Å². The van der Waals surface area contributed by atoms with E-state index in [2.05, 4.69) is 15.3 Å². The molecule has 1 N–H and O–H groups in total. The average molecular weight is 230 g/mol. The van der Waals surface area contributed by atoms with Crippen molar-refractivity contribution in [1.29, 1.82) is 0 Å². The summed E-state index contributed by atoms with van der Waals surface area (Å²) in [5, 5.41) is 2.81. The van der Waals surface area contributed by atoms with Crippen molar-refractivity contribution >= 4 is 5.91 Å². The molecule has 88 valence electrons. The molecule has 0 saturated heterocycles. The summed E-state index contributed by atoms with van der Waals surface area (Å²) in [6.45, 7) is 3.13. The molecule has 0 saturated carbocycles. The van der Waals surface area contributed by atoms with Crippen LogP contribution in [-0.2, 0) is 6.54 Å². The highest BCUT2D eigenvalue weighted by Crippen LogP contribution is 1.97.